The molecule has 9 nitrogen and oxygen atoms in total. The van der Waals surface area contributed by atoms with Crippen LogP contribution in [0, 0.1) is 10.1 Å². The summed E-state index contributed by atoms with van der Waals surface area (Å²) in [6.07, 6.45) is 0. The summed E-state index contributed by atoms with van der Waals surface area (Å²) in [5, 5.41) is 11.2. The van der Waals surface area contributed by atoms with Crippen molar-refractivity contribution in [1.29, 1.82) is 0 Å². The van der Waals surface area contributed by atoms with Gasteiger partial charge in [-0.1, -0.05) is 30.3 Å². The minimum Gasteiger partial charge on any atom is -0.489 e. The number of hydrogen-bond donors (Lipinski definition) is 3. The molecule has 0 unspecified atom stereocenters. The third-order valence-electron chi connectivity index (χ3n) is 2.87. The maximum absolute atomic E-state index is 11.2. The number of benzene rings is 2. The first-order valence-corrected chi connectivity index (χ1v) is 6.84. The zero-order valence-corrected chi connectivity index (χ0v) is 12.6. The van der Waals surface area contributed by atoms with Gasteiger partial charge in [-0.25, -0.2) is 4.99 Å². The Kier molecular flexibility index (Phi) is 5.29. The van der Waals surface area contributed by atoms with Gasteiger partial charge in [0.05, 0.1) is 11.0 Å². The number of nitrogens with zero attached hydrogens (tertiary/aromatic N) is 3. The molecule has 0 spiro atoms. The van der Waals surface area contributed by atoms with Crippen LogP contribution in [0.3, 0.4) is 0 Å². The van der Waals surface area contributed by atoms with Crippen LogP contribution in [0.1, 0.15) is 5.56 Å². The van der Waals surface area contributed by atoms with Crippen LogP contribution in [0.4, 0.5) is 11.4 Å². The van der Waals surface area contributed by atoms with Crippen LogP contribution in [-0.4, -0.2) is 16.8 Å². The molecular formula is C15H16N6O3. The molecule has 0 fully saturated rings. The van der Waals surface area contributed by atoms with Crippen LogP contribution in [-0.2, 0) is 6.61 Å². The fourth-order valence-electron chi connectivity index (χ4n) is 1.86. The Morgan fingerprint density at radius 1 is 1.12 bits per heavy atom. The highest BCUT2D eigenvalue weighted by Gasteiger charge is 2.15. The molecule has 0 amide bonds. The first kappa shape index (κ1) is 16.7. The van der Waals surface area contributed by atoms with Gasteiger partial charge in [-0.3, -0.25) is 10.1 Å². The van der Waals surface area contributed by atoms with E-state index in [0.717, 1.165) is 5.56 Å². The van der Waals surface area contributed by atoms with Crippen molar-refractivity contribution in [3.05, 3.63) is 64.2 Å². The third kappa shape index (κ3) is 4.70. The highest BCUT2D eigenvalue weighted by molar-refractivity contribution is 5.94. The largest absolute Gasteiger partial charge is 0.489 e. The van der Waals surface area contributed by atoms with Crippen molar-refractivity contribution in [3.63, 3.8) is 0 Å². The SMILES string of the molecule is NC(N)=NC(N)=Nc1ccc(OCc2ccccc2)cc1[N+](=O)[O-]. The molecule has 0 saturated heterocycles. The average molecular weight is 328 g/mol. The molecule has 6 N–H and O–H groups in total. The van der Waals surface area contributed by atoms with Crippen LogP contribution in [0.2, 0.25) is 0 Å². The molecule has 2 rings (SSSR count). The number of ether oxygens (including phenoxy) is 1. The van der Waals surface area contributed by atoms with Gasteiger partial charge in [0.2, 0.25) is 5.96 Å². The Balaban J connectivity index is 2.23. The van der Waals surface area contributed by atoms with Gasteiger partial charge in [0, 0.05) is 0 Å². The maximum Gasteiger partial charge on any atom is 0.298 e. The molecule has 0 radical (unpaired) electrons. The second-order valence-electron chi connectivity index (χ2n) is 4.69. The highest BCUT2D eigenvalue weighted by Crippen LogP contribution is 2.31. The summed E-state index contributed by atoms with van der Waals surface area (Å²) in [5.41, 5.74) is 16.5. The van der Waals surface area contributed by atoms with Gasteiger partial charge in [-0.15, -0.1) is 0 Å². The van der Waals surface area contributed by atoms with E-state index in [0.29, 0.717) is 5.75 Å². The second kappa shape index (κ2) is 7.58. The lowest BCUT2D eigenvalue weighted by molar-refractivity contribution is -0.384. The molecule has 24 heavy (non-hydrogen) atoms. The Morgan fingerprint density at radius 2 is 1.83 bits per heavy atom. The van der Waals surface area contributed by atoms with Gasteiger partial charge in [-0.05, 0) is 17.7 Å². The number of aliphatic imine (C=N–C) groups is 2. The molecule has 2 aromatic carbocycles. The summed E-state index contributed by atoms with van der Waals surface area (Å²) in [5.74, 6) is -0.234. The van der Waals surface area contributed by atoms with Gasteiger partial charge >= 0.3 is 0 Å². The molecule has 0 saturated carbocycles. The zero-order valence-electron chi connectivity index (χ0n) is 12.6. The van der Waals surface area contributed by atoms with E-state index >= 15 is 0 Å². The predicted molar refractivity (Wildman–Crippen MR) is 91.0 cm³/mol. The molecule has 0 aliphatic carbocycles. The van der Waals surface area contributed by atoms with Crippen molar-refractivity contribution >= 4 is 23.3 Å². The van der Waals surface area contributed by atoms with Gasteiger partial charge in [0.1, 0.15) is 18.0 Å². The number of nitro benzene ring substituents is 1. The van der Waals surface area contributed by atoms with E-state index in [-0.39, 0.29) is 29.9 Å². The lowest BCUT2D eigenvalue weighted by Crippen LogP contribution is -2.26. The minimum absolute atomic E-state index is 0.0227. The molecule has 0 aromatic heterocycles. The lowest BCUT2D eigenvalue weighted by atomic mass is 10.2. The smallest absolute Gasteiger partial charge is 0.298 e. The minimum atomic E-state index is -0.586. The topological polar surface area (TPSA) is 155 Å². The molecule has 2 aromatic rings. The van der Waals surface area contributed by atoms with E-state index in [1.54, 1.807) is 6.07 Å². The van der Waals surface area contributed by atoms with Crippen LogP contribution >= 0.6 is 0 Å². The number of rotatable bonds is 5. The fraction of sp³-hybridized carbons (Fsp3) is 0.0667. The molecule has 0 aliphatic rings. The lowest BCUT2D eigenvalue weighted by Gasteiger charge is -2.07. The van der Waals surface area contributed by atoms with E-state index in [9.17, 15) is 10.1 Å². The summed E-state index contributed by atoms with van der Waals surface area (Å²) < 4.78 is 5.56. The normalized spacial score (nSPS) is 10.9. The Morgan fingerprint density at radius 3 is 2.46 bits per heavy atom. The summed E-state index contributed by atoms with van der Waals surface area (Å²) in [4.78, 5) is 18.0. The molecular weight excluding hydrogens is 312 g/mol. The van der Waals surface area contributed by atoms with Crippen LogP contribution < -0.4 is 21.9 Å². The van der Waals surface area contributed by atoms with E-state index in [2.05, 4.69) is 9.98 Å². The molecule has 0 atom stereocenters. The first-order valence-electron chi connectivity index (χ1n) is 6.84. The van der Waals surface area contributed by atoms with E-state index in [1.807, 2.05) is 30.3 Å². The van der Waals surface area contributed by atoms with Gasteiger partial charge in [0.25, 0.3) is 5.69 Å². The monoisotopic (exact) mass is 328 g/mol. The Labute approximate surface area is 137 Å². The van der Waals surface area contributed by atoms with Gasteiger partial charge < -0.3 is 21.9 Å². The Hall–Kier alpha value is -3.62. The summed E-state index contributed by atoms with van der Waals surface area (Å²) in [6.45, 7) is 0.288. The van der Waals surface area contributed by atoms with Crippen LogP contribution in [0.5, 0.6) is 5.75 Å². The number of hydrogen-bond acceptors (Lipinski definition) is 4. The van der Waals surface area contributed by atoms with Gasteiger partial charge in [-0.2, -0.15) is 4.99 Å². The number of guanidine groups is 2. The maximum atomic E-state index is 11.2. The Bertz CT molecular complexity index is 785. The molecule has 0 aliphatic heterocycles. The summed E-state index contributed by atoms with van der Waals surface area (Å²) >= 11 is 0. The molecule has 0 bridgehead atoms. The van der Waals surface area contributed by atoms with Crippen LogP contribution in [0.25, 0.3) is 0 Å². The van der Waals surface area contributed by atoms with Crippen molar-refractivity contribution < 1.29 is 9.66 Å². The summed E-state index contributed by atoms with van der Waals surface area (Å²) in [6, 6.07) is 13.7. The predicted octanol–water partition coefficient (Wildman–Crippen LogP) is 1.39. The number of nitro groups is 1. The van der Waals surface area contributed by atoms with Gasteiger partial charge in [0.15, 0.2) is 5.96 Å². The van der Waals surface area contributed by atoms with Crippen molar-refractivity contribution in [2.75, 3.05) is 0 Å². The molecule has 124 valence electrons. The van der Waals surface area contributed by atoms with Crippen molar-refractivity contribution in [3.8, 4) is 5.75 Å². The van der Waals surface area contributed by atoms with Crippen molar-refractivity contribution in [1.82, 2.24) is 0 Å². The van der Waals surface area contributed by atoms with Crippen LogP contribution in [0.15, 0.2) is 58.5 Å². The zero-order chi connectivity index (χ0) is 17.5. The molecule has 0 heterocycles. The van der Waals surface area contributed by atoms with Crippen molar-refractivity contribution in [2.24, 2.45) is 27.2 Å². The van der Waals surface area contributed by atoms with E-state index in [1.165, 1.54) is 12.1 Å². The van der Waals surface area contributed by atoms with E-state index < -0.39 is 4.92 Å². The third-order valence-corrected chi connectivity index (χ3v) is 2.87. The average Bonchev–Trinajstić information content (AvgIpc) is 2.54. The van der Waals surface area contributed by atoms with E-state index in [4.69, 9.17) is 21.9 Å². The standard InChI is InChI=1S/C15H16N6O3/c16-14(17)20-15(18)19-12-7-6-11(8-13(12)21(22)23)24-9-10-4-2-1-3-5-10/h1-8H,9H2,(H6,16,17,18,19,20). The molecule has 9 heteroatoms. The van der Waals surface area contributed by atoms with Crippen molar-refractivity contribution in [2.45, 2.75) is 6.61 Å². The summed E-state index contributed by atoms with van der Waals surface area (Å²) in [7, 11) is 0. The number of nitrogens with two attached hydrogens (primary N) is 3. The highest BCUT2D eigenvalue weighted by atomic mass is 16.6. The second-order valence-corrected chi connectivity index (χ2v) is 4.69. The quantitative estimate of drug-likeness (QED) is 0.326. The first-order chi connectivity index (χ1) is 11.5. The fourth-order valence-corrected chi connectivity index (χ4v) is 1.86.